The van der Waals surface area contributed by atoms with E-state index in [1.54, 1.807) is 6.08 Å². The number of halogens is 2. The lowest BCUT2D eigenvalue weighted by molar-refractivity contribution is -0.157. The van der Waals surface area contributed by atoms with Gasteiger partial charge in [0.05, 0.1) is 15.7 Å². The van der Waals surface area contributed by atoms with E-state index in [0.717, 1.165) is 11.3 Å². The van der Waals surface area contributed by atoms with Gasteiger partial charge in [0.15, 0.2) is 11.0 Å². The Morgan fingerprint density at radius 1 is 1.10 bits per heavy atom. The highest BCUT2D eigenvalue weighted by Crippen LogP contribution is 2.50. The third-order valence-electron chi connectivity index (χ3n) is 7.61. The number of hydrogen-bond acceptors (Lipinski definition) is 7. The zero-order valence-corrected chi connectivity index (χ0v) is 23.9. The molecule has 1 aliphatic carbocycles. The van der Waals surface area contributed by atoms with E-state index in [-0.39, 0.29) is 48.0 Å². The van der Waals surface area contributed by atoms with Gasteiger partial charge in [-0.3, -0.25) is 19.1 Å². The number of nitrogens with one attached hydrogen (secondary N) is 2. The Balaban J connectivity index is 1.74. The minimum absolute atomic E-state index is 0.0160. The molecule has 4 rings (SSSR count). The van der Waals surface area contributed by atoms with E-state index < -0.39 is 56.3 Å². The number of primary amides is 2. The number of rotatable bonds is 5. The summed E-state index contributed by atoms with van der Waals surface area (Å²) in [5.74, 6) is -3.58. The summed E-state index contributed by atoms with van der Waals surface area (Å²) < 4.78 is 35.0. The van der Waals surface area contributed by atoms with Crippen LogP contribution < -0.4 is 21.5 Å². The Labute approximate surface area is 241 Å². The molecule has 4 amide bonds. The molecule has 2 aliphatic heterocycles. The fraction of sp³-hybridized carbons (Fsp3) is 0.520. The first-order valence-electron chi connectivity index (χ1n) is 12.9. The molecule has 0 aromatic heterocycles. The SMILES string of the molecule is NC(=O)OC1CCCCCC=CC2CC2(S(=O)(=O)Nc2ccc(Cl)c(Cl)c2)NC(=O)C2(C(N)=O)CCCN2C1=O. The first-order valence-corrected chi connectivity index (χ1v) is 15.1. The number of fused-ring (bicyclic) bond motifs is 2. The maximum atomic E-state index is 13.9. The smallest absolute Gasteiger partial charge is 0.405 e. The molecule has 1 aromatic carbocycles. The fourth-order valence-electron chi connectivity index (χ4n) is 5.41. The highest BCUT2D eigenvalue weighted by atomic mass is 35.5. The van der Waals surface area contributed by atoms with Gasteiger partial charge in [0, 0.05) is 12.5 Å². The van der Waals surface area contributed by atoms with Gasteiger partial charge in [-0.2, -0.15) is 0 Å². The predicted molar refractivity (Wildman–Crippen MR) is 148 cm³/mol. The van der Waals surface area contributed by atoms with Gasteiger partial charge in [0.2, 0.25) is 5.54 Å². The van der Waals surface area contributed by atoms with E-state index in [2.05, 4.69) is 10.0 Å². The summed E-state index contributed by atoms with van der Waals surface area (Å²) in [4.78, 5) is 51.1. The third kappa shape index (κ3) is 5.59. The Morgan fingerprint density at radius 3 is 2.52 bits per heavy atom. The third-order valence-corrected chi connectivity index (χ3v) is 10.4. The molecule has 6 N–H and O–H groups in total. The summed E-state index contributed by atoms with van der Waals surface area (Å²) in [5.41, 5.74) is 8.86. The van der Waals surface area contributed by atoms with Crippen molar-refractivity contribution in [2.24, 2.45) is 17.4 Å². The van der Waals surface area contributed by atoms with Gasteiger partial charge in [-0.15, -0.1) is 0 Å². The number of ether oxygens (including phenoxy) is 1. The van der Waals surface area contributed by atoms with Crippen molar-refractivity contribution >= 4 is 62.7 Å². The van der Waals surface area contributed by atoms with Crippen LogP contribution in [0.25, 0.3) is 0 Å². The van der Waals surface area contributed by atoms with Crippen molar-refractivity contribution < 1.29 is 32.3 Å². The number of sulfonamides is 1. The molecule has 1 saturated heterocycles. The molecule has 15 heteroatoms. The molecule has 4 atom stereocenters. The average molecular weight is 617 g/mol. The van der Waals surface area contributed by atoms with Gasteiger partial charge in [-0.25, -0.2) is 13.2 Å². The van der Waals surface area contributed by atoms with E-state index in [4.69, 9.17) is 39.4 Å². The van der Waals surface area contributed by atoms with Crippen LogP contribution in [-0.4, -0.2) is 60.2 Å². The molecule has 0 spiro atoms. The molecule has 2 fully saturated rings. The van der Waals surface area contributed by atoms with E-state index in [1.807, 2.05) is 6.08 Å². The van der Waals surface area contributed by atoms with Crippen molar-refractivity contribution in [2.45, 2.75) is 67.9 Å². The molecule has 218 valence electrons. The van der Waals surface area contributed by atoms with Gasteiger partial charge in [-0.1, -0.05) is 41.8 Å². The maximum absolute atomic E-state index is 13.9. The minimum atomic E-state index is -4.33. The van der Waals surface area contributed by atoms with Gasteiger partial charge < -0.3 is 26.4 Å². The lowest BCUT2D eigenvalue weighted by Gasteiger charge is -2.37. The van der Waals surface area contributed by atoms with Crippen LogP contribution in [0.2, 0.25) is 10.0 Å². The summed E-state index contributed by atoms with van der Waals surface area (Å²) in [6.45, 7) is -0.0293. The van der Waals surface area contributed by atoms with E-state index in [9.17, 15) is 27.6 Å². The van der Waals surface area contributed by atoms with Crippen LogP contribution in [0.4, 0.5) is 10.5 Å². The molecular formula is C25H31Cl2N5O7S. The maximum Gasteiger partial charge on any atom is 0.405 e. The first kappa shape index (κ1) is 29.9. The molecule has 0 bridgehead atoms. The molecule has 40 heavy (non-hydrogen) atoms. The second-order valence-electron chi connectivity index (χ2n) is 10.2. The van der Waals surface area contributed by atoms with E-state index in [1.165, 1.54) is 18.2 Å². The van der Waals surface area contributed by atoms with Gasteiger partial charge in [0.1, 0.15) is 0 Å². The molecule has 0 radical (unpaired) electrons. The standard InChI is InChI=1S/C25H31Cl2N5O7S/c26-17-10-9-16(13-18(17)27)31-40(37,38)25-14-15(25)7-4-2-1-3-5-8-19(39-23(29)36)20(33)32-12-6-11-24(32,21(28)34)22(35)30-25/h4,7,9-10,13,15,19,31H,1-3,5-6,8,11-12,14H2,(H2,28,34)(H2,29,36)(H,30,35). The number of allylic oxidation sites excluding steroid dienone is 1. The van der Waals surface area contributed by atoms with Crippen LogP contribution >= 0.6 is 23.2 Å². The lowest BCUT2D eigenvalue weighted by atomic mass is 9.92. The molecule has 1 aromatic rings. The minimum Gasteiger partial charge on any atom is -0.436 e. The summed E-state index contributed by atoms with van der Waals surface area (Å²) in [5, 5.41) is 2.92. The van der Waals surface area contributed by atoms with Crippen molar-refractivity contribution in [3.8, 4) is 0 Å². The van der Waals surface area contributed by atoms with Crippen LogP contribution in [0.5, 0.6) is 0 Å². The number of benzene rings is 1. The van der Waals surface area contributed by atoms with E-state index in [0.29, 0.717) is 19.3 Å². The van der Waals surface area contributed by atoms with Crippen molar-refractivity contribution in [2.75, 3.05) is 11.3 Å². The molecule has 1 saturated carbocycles. The summed E-state index contributed by atoms with van der Waals surface area (Å²) in [6.07, 6.45) is 3.83. The number of nitrogens with zero attached hydrogens (tertiary/aromatic N) is 1. The lowest BCUT2D eigenvalue weighted by Crippen LogP contribution is -2.68. The number of hydrogen-bond donors (Lipinski definition) is 4. The van der Waals surface area contributed by atoms with Crippen molar-refractivity contribution in [3.05, 3.63) is 40.4 Å². The van der Waals surface area contributed by atoms with Crippen molar-refractivity contribution in [1.82, 2.24) is 10.2 Å². The fourth-order valence-corrected chi connectivity index (χ4v) is 7.43. The molecular weight excluding hydrogens is 585 g/mol. The molecule has 4 unspecified atom stereocenters. The highest BCUT2D eigenvalue weighted by Gasteiger charge is 2.67. The van der Waals surface area contributed by atoms with Gasteiger partial charge in [-0.05, 0) is 63.1 Å². The second kappa shape index (κ2) is 11.5. The highest BCUT2D eigenvalue weighted by molar-refractivity contribution is 7.94. The van der Waals surface area contributed by atoms with Crippen LogP contribution in [0.1, 0.15) is 51.4 Å². The monoisotopic (exact) mass is 615 g/mol. The number of carbonyl (C=O) groups excluding carboxylic acids is 4. The van der Waals surface area contributed by atoms with Gasteiger partial charge in [0.25, 0.3) is 27.7 Å². The number of nitrogens with two attached hydrogens (primary N) is 2. The zero-order chi connectivity index (χ0) is 29.3. The van der Waals surface area contributed by atoms with Crippen LogP contribution in [-0.2, 0) is 29.1 Å². The Hall–Kier alpha value is -3.03. The quantitative estimate of drug-likeness (QED) is 0.288. The van der Waals surface area contributed by atoms with Crippen LogP contribution in [0.15, 0.2) is 30.4 Å². The van der Waals surface area contributed by atoms with E-state index >= 15 is 0 Å². The Bertz CT molecular complexity index is 1360. The normalized spacial score (nSPS) is 29.3. The zero-order valence-electron chi connectivity index (χ0n) is 21.5. The van der Waals surface area contributed by atoms with Gasteiger partial charge >= 0.3 is 6.09 Å². The summed E-state index contributed by atoms with van der Waals surface area (Å²) >= 11 is 12.0. The topological polar surface area (TPSA) is 191 Å². The average Bonchev–Trinajstić information content (AvgIpc) is 3.38. The first-order chi connectivity index (χ1) is 18.8. The van der Waals surface area contributed by atoms with Crippen molar-refractivity contribution in [3.63, 3.8) is 0 Å². The summed E-state index contributed by atoms with van der Waals surface area (Å²) in [6, 6.07) is 4.18. The Kier molecular flexibility index (Phi) is 8.57. The number of amides is 4. The number of carbonyl (C=O) groups is 4. The second-order valence-corrected chi connectivity index (χ2v) is 13.0. The molecule has 12 nitrogen and oxygen atoms in total. The Morgan fingerprint density at radius 2 is 1.85 bits per heavy atom. The van der Waals surface area contributed by atoms with Crippen molar-refractivity contribution in [1.29, 1.82) is 0 Å². The molecule has 3 aliphatic rings. The summed E-state index contributed by atoms with van der Waals surface area (Å²) in [7, 11) is -4.33. The van der Waals surface area contributed by atoms with Crippen LogP contribution in [0, 0.1) is 5.92 Å². The largest absolute Gasteiger partial charge is 0.436 e. The van der Waals surface area contributed by atoms with Crippen LogP contribution in [0.3, 0.4) is 0 Å². The molecule has 2 heterocycles. The number of anilines is 1. The predicted octanol–water partition coefficient (Wildman–Crippen LogP) is 2.40.